The Bertz CT molecular complexity index is 642. The zero-order valence-electron chi connectivity index (χ0n) is 15.0. The van der Waals surface area contributed by atoms with Crippen LogP contribution in [0.5, 0.6) is 5.75 Å². The first-order valence-electron chi connectivity index (χ1n) is 8.78. The monoisotopic (exact) mass is 324 g/mol. The molecule has 0 radical (unpaired) electrons. The van der Waals surface area contributed by atoms with Crippen molar-refractivity contribution in [1.82, 2.24) is 0 Å². The Kier molecular flexibility index (Phi) is 7.57. The van der Waals surface area contributed by atoms with Gasteiger partial charge in [-0.15, -0.1) is 0 Å². The third-order valence-corrected chi connectivity index (χ3v) is 3.79. The molecule has 2 aromatic carbocycles. The van der Waals surface area contributed by atoms with Crippen LogP contribution in [0.2, 0.25) is 0 Å². The Hall–Kier alpha value is -2.06. The van der Waals surface area contributed by atoms with Crippen molar-refractivity contribution in [3.63, 3.8) is 0 Å². The summed E-state index contributed by atoms with van der Waals surface area (Å²) in [5, 5.41) is 0. The fourth-order valence-corrected chi connectivity index (χ4v) is 2.58. The molecule has 2 rings (SSSR count). The molecule has 2 nitrogen and oxygen atoms in total. The highest BCUT2D eigenvalue weighted by molar-refractivity contribution is 5.69. The number of allylic oxidation sites excluding steroid dienone is 1. The molecule has 0 saturated carbocycles. The fourth-order valence-electron chi connectivity index (χ4n) is 2.58. The molecule has 0 unspecified atom stereocenters. The molecule has 0 aliphatic heterocycles. The summed E-state index contributed by atoms with van der Waals surface area (Å²) in [6.07, 6.45) is 6.47. The molecular weight excluding hydrogens is 296 g/mol. The summed E-state index contributed by atoms with van der Waals surface area (Å²) in [6, 6.07) is 14.9. The predicted molar refractivity (Wildman–Crippen MR) is 103 cm³/mol. The van der Waals surface area contributed by atoms with E-state index in [4.69, 9.17) is 9.47 Å². The average molecular weight is 324 g/mol. The van der Waals surface area contributed by atoms with Crippen LogP contribution in [0.25, 0.3) is 17.2 Å². The first-order valence-corrected chi connectivity index (χ1v) is 8.78. The molecule has 2 aromatic rings. The van der Waals surface area contributed by atoms with E-state index in [0.717, 1.165) is 25.2 Å². The van der Waals surface area contributed by atoms with Crippen LogP contribution in [0.1, 0.15) is 37.8 Å². The number of hydrogen-bond acceptors (Lipinski definition) is 2. The van der Waals surface area contributed by atoms with E-state index in [-0.39, 0.29) is 0 Å². The largest absolute Gasteiger partial charge is 0.491 e. The molecule has 24 heavy (non-hydrogen) atoms. The molecule has 0 fully saturated rings. The molecule has 0 amide bonds. The van der Waals surface area contributed by atoms with Crippen molar-refractivity contribution in [2.24, 2.45) is 0 Å². The van der Waals surface area contributed by atoms with Gasteiger partial charge in [-0.3, -0.25) is 0 Å². The third kappa shape index (κ3) is 5.86. The Morgan fingerprint density at radius 1 is 0.917 bits per heavy atom. The van der Waals surface area contributed by atoms with Gasteiger partial charge in [0, 0.05) is 6.61 Å². The minimum atomic E-state index is 0.596. The van der Waals surface area contributed by atoms with Crippen LogP contribution >= 0.6 is 0 Å². The SMILES string of the molecule is C/C=C/c1cc(C)cc(-c2ccc(OCCOCCCC)cc2)c1. The standard InChI is InChI=1S/C22H28O2/c1-4-6-12-23-13-14-24-22-10-8-20(9-11-22)21-16-18(3)15-19(17-21)7-5-2/h5,7-11,15-17H,4,6,12-14H2,1-3H3/b7-5+. The first-order chi connectivity index (χ1) is 11.7. The summed E-state index contributed by atoms with van der Waals surface area (Å²) in [5.74, 6) is 0.888. The quantitative estimate of drug-likeness (QED) is 0.535. The molecular formula is C22H28O2. The van der Waals surface area contributed by atoms with Crippen molar-refractivity contribution in [1.29, 1.82) is 0 Å². The minimum absolute atomic E-state index is 0.596. The highest BCUT2D eigenvalue weighted by Crippen LogP contribution is 2.25. The molecule has 0 bridgehead atoms. The van der Waals surface area contributed by atoms with Crippen molar-refractivity contribution in [3.05, 3.63) is 59.7 Å². The average Bonchev–Trinajstić information content (AvgIpc) is 2.58. The summed E-state index contributed by atoms with van der Waals surface area (Å²) in [7, 11) is 0. The summed E-state index contributed by atoms with van der Waals surface area (Å²) in [5.41, 5.74) is 4.94. The normalized spacial score (nSPS) is 11.1. The highest BCUT2D eigenvalue weighted by Gasteiger charge is 2.01. The third-order valence-electron chi connectivity index (χ3n) is 3.79. The summed E-state index contributed by atoms with van der Waals surface area (Å²) >= 11 is 0. The van der Waals surface area contributed by atoms with Crippen LogP contribution in [0.3, 0.4) is 0 Å². The Morgan fingerprint density at radius 3 is 2.42 bits per heavy atom. The molecule has 2 heteroatoms. The molecule has 0 aliphatic rings. The molecule has 0 atom stereocenters. The lowest BCUT2D eigenvalue weighted by Crippen LogP contribution is -2.07. The van der Waals surface area contributed by atoms with Gasteiger partial charge in [0.15, 0.2) is 0 Å². The Morgan fingerprint density at radius 2 is 1.71 bits per heavy atom. The number of benzene rings is 2. The number of aryl methyl sites for hydroxylation is 1. The van der Waals surface area contributed by atoms with Crippen LogP contribution in [0, 0.1) is 6.92 Å². The van der Waals surface area contributed by atoms with E-state index in [1.54, 1.807) is 0 Å². The van der Waals surface area contributed by atoms with Gasteiger partial charge in [0.25, 0.3) is 0 Å². The molecule has 0 saturated heterocycles. The van der Waals surface area contributed by atoms with Gasteiger partial charge >= 0.3 is 0 Å². The zero-order valence-corrected chi connectivity index (χ0v) is 15.0. The zero-order chi connectivity index (χ0) is 17.2. The molecule has 0 aromatic heterocycles. The van der Waals surface area contributed by atoms with E-state index in [9.17, 15) is 0 Å². The van der Waals surface area contributed by atoms with E-state index in [1.165, 1.54) is 22.3 Å². The maximum Gasteiger partial charge on any atom is 0.119 e. The van der Waals surface area contributed by atoms with Crippen molar-refractivity contribution in [3.8, 4) is 16.9 Å². The van der Waals surface area contributed by atoms with E-state index < -0.39 is 0 Å². The minimum Gasteiger partial charge on any atom is -0.491 e. The summed E-state index contributed by atoms with van der Waals surface area (Å²) in [4.78, 5) is 0. The second kappa shape index (κ2) is 9.94. The lowest BCUT2D eigenvalue weighted by molar-refractivity contribution is 0.0981. The van der Waals surface area contributed by atoms with Crippen LogP contribution in [-0.4, -0.2) is 19.8 Å². The number of unbranched alkanes of at least 4 members (excludes halogenated alkanes) is 1. The molecule has 0 spiro atoms. The van der Waals surface area contributed by atoms with Crippen LogP contribution < -0.4 is 4.74 Å². The highest BCUT2D eigenvalue weighted by atomic mass is 16.5. The smallest absolute Gasteiger partial charge is 0.119 e. The van der Waals surface area contributed by atoms with Crippen molar-refractivity contribution >= 4 is 6.08 Å². The van der Waals surface area contributed by atoms with Gasteiger partial charge in [0.05, 0.1) is 6.61 Å². The van der Waals surface area contributed by atoms with Gasteiger partial charge in [-0.25, -0.2) is 0 Å². The van der Waals surface area contributed by atoms with E-state index in [0.29, 0.717) is 13.2 Å². The number of ether oxygens (including phenoxy) is 2. The molecule has 0 N–H and O–H groups in total. The lowest BCUT2D eigenvalue weighted by atomic mass is 10.00. The van der Waals surface area contributed by atoms with Crippen molar-refractivity contribution in [2.45, 2.75) is 33.6 Å². The van der Waals surface area contributed by atoms with Crippen molar-refractivity contribution < 1.29 is 9.47 Å². The van der Waals surface area contributed by atoms with E-state index in [1.807, 2.05) is 19.1 Å². The van der Waals surface area contributed by atoms with Gasteiger partial charge < -0.3 is 9.47 Å². The maximum absolute atomic E-state index is 5.73. The van der Waals surface area contributed by atoms with E-state index in [2.05, 4.69) is 56.3 Å². The van der Waals surface area contributed by atoms with Crippen LogP contribution in [0.4, 0.5) is 0 Å². The fraction of sp³-hybridized carbons (Fsp3) is 0.364. The Balaban J connectivity index is 1.94. The summed E-state index contributed by atoms with van der Waals surface area (Å²) < 4.78 is 11.2. The lowest BCUT2D eigenvalue weighted by Gasteiger charge is -2.09. The number of hydrogen-bond donors (Lipinski definition) is 0. The van der Waals surface area contributed by atoms with Crippen LogP contribution in [0.15, 0.2) is 48.5 Å². The van der Waals surface area contributed by atoms with Gasteiger partial charge in [-0.2, -0.15) is 0 Å². The van der Waals surface area contributed by atoms with Gasteiger partial charge in [-0.1, -0.05) is 49.8 Å². The molecule has 0 aliphatic carbocycles. The maximum atomic E-state index is 5.73. The summed E-state index contributed by atoms with van der Waals surface area (Å²) in [6.45, 7) is 8.40. The first kappa shape index (κ1) is 18.3. The Labute approximate surface area is 146 Å². The topological polar surface area (TPSA) is 18.5 Å². The predicted octanol–water partition coefficient (Wildman–Crippen LogP) is 5.89. The second-order valence-electron chi connectivity index (χ2n) is 5.97. The number of rotatable bonds is 9. The van der Waals surface area contributed by atoms with Gasteiger partial charge in [-0.05, 0) is 60.7 Å². The van der Waals surface area contributed by atoms with Crippen molar-refractivity contribution in [2.75, 3.05) is 19.8 Å². The van der Waals surface area contributed by atoms with Crippen LogP contribution in [-0.2, 0) is 4.74 Å². The molecule has 0 heterocycles. The van der Waals surface area contributed by atoms with Gasteiger partial charge in [0.1, 0.15) is 12.4 Å². The molecule has 128 valence electrons. The van der Waals surface area contributed by atoms with E-state index >= 15 is 0 Å². The van der Waals surface area contributed by atoms with Gasteiger partial charge in [0.2, 0.25) is 0 Å². The second-order valence-corrected chi connectivity index (χ2v) is 5.97.